The summed E-state index contributed by atoms with van der Waals surface area (Å²) >= 11 is 0. The summed E-state index contributed by atoms with van der Waals surface area (Å²) in [5.41, 5.74) is 0.613. The first kappa shape index (κ1) is 12.1. The van der Waals surface area contributed by atoms with Gasteiger partial charge in [0, 0.05) is 32.1 Å². The van der Waals surface area contributed by atoms with Crippen molar-refractivity contribution in [1.29, 1.82) is 0 Å². The summed E-state index contributed by atoms with van der Waals surface area (Å²) in [7, 11) is 0. The summed E-state index contributed by atoms with van der Waals surface area (Å²) in [6.07, 6.45) is 2.68. The first-order valence-corrected chi connectivity index (χ1v) is 6.27. The number of carbonyl (C=O) groups is 1. The Bertz CT molecular complexity index is 382. The van der Waals surface area contributed by atoms with Crippen molar-refractivity contribution in [1.82, 2.24) is 20.2 Å². The SMILES string of the molecule is CCC(C)c1ncc(C(=O)N2CCNCC2)[nH]1. The fraction of sp³-hybridized carbons (Fsp3) is 0.667. The molecule has 1 atom stereocenters. The van der Waals surface area contributed by atoms with Crippen LogP contribution in [0.1, 0.15) is 42.5 Å². The van der Waals surface area contributed by atoms with Crippen molar-refractivity contribution in [3.05, 3.63) is 17.7 Å². The molecule has 2 heterocycles. The van der Waals surface area contributed by atoms with Crippen LogP contribution in [0.25, 0.3) is 0 Å². The Morgan fingerprint density at radius 2 is 2.24 bits per heavy atom. The van der Waals surface area contributed by atoms with Crippen LogP contribution < -0.4 is 5.32 Å². The normalized spacial score (nSPS) is 18.1. The molecular weight excluding hydrogens is 216 g/mol. The number of aromatic nitrogens is 2. The van der Waals surface area contributed by atoms with Crippen molar-refractivity contribution < 1.29 is 4.79 Å². The molecule has 17 heavy (non-hydrogen) atoms. The van der Waals surface area contributed by atoms with E-state index in [0.717, 1.165) is 38.4 Å². The molecule has 1 unspecified atom stereocenters. The average molecular weight is 236 g/mol. The molecular formula is C12H20N4O. The van der Waals surface area contributed by atoms with Crippen molar-refractivity contribution in [2.24, 2.45) is 0 Å². The van der Waals surface area contributed by atoms with Crippen LogP contribution in [-0.2, 0) is 0 Å². The molecule has 1 saturated heterocycles. The van der Waals surface area contributed by atoms with E-state index in [1.807, 2.05) is 4.90 Å². The number of nitrogens with one attached hydrogen (secondary N) is 2. The molecule has 1 aromatic rings. The maximum Gasteiger partial charge on any atom is 0.272 e. The summed E-state index contributed by atoms with van der Waals surface area (Å²) < 4.78 is 0. The number of carbonyl (C=O) groups excluding carboxylic acids is 1. The predicted molar refractivity (Wildman–Crippen MR) is 66.1 cm³/mol. The monoisotopic (exact) mass is 236 g/mol. The Morgan fingerprint density at radius 3 is 2.88 bits per heavy atom. The summed E-state index contributed by atoms with van der Waals surface area (Å²) in [5.74, 6) is 1.35. The molecule has 94 valence electrons. The number of amides is 1. The summed E-state index contributed by atoms with van der Waals surface area (Å²) in [5, 5.41) is 3.23. The molecule has 2 N–H and O–H groups in total. The van der Waals surface area contributed by atoms with Crippen LogP contribution >= 0.6 is 0 Å². The number of aromatic amines is 1. The van der Waals surface area contributed by atoms with Crippen molar-refractivity contribution in [2.45, 2.75) is 26.2 Å². The molecule has 0 saturated carbocycles. The minimum atomic E-state index is 0.0635. The Morgan fingerprint density at radius 1 is 1.53 bits per heavy atom. The summed E-state index contributed by atoms with van der Waals surface area (Å²) in [6, 6.07) is 0. The molecule has 5 nitrogen and oxygen atoms in total. The van der Waals surface area contributed by atoms with Gasteiger partial charge in [-0.05, 0) is 6.42 Å². The molecule has 1 aliphatic rings. The molecule has 0 radical (unpaired) electrons. The van der Waals surface area contributed by atoms with E-state index in [4.69, 9.17) is 0 Å². The lowest BCUT2D eigenvalue weighted by atomic mass is 10.1. The number of hydrogen-bond donors (Lipinski definition) is 2. The lowest BCUT2D eigenvalue weighted by Gasteiger charge is -2.26. The van der Waals surface area contributed by atoms with Gasteiger partial charge in [0.25, 0.3) is 5.91 Å². The minimum Gasteiger partial charge on any atom is -0.338 e. The fourth-order valence-electron chi connectivity index (χ4n) is 1.93. The maximum absolute atomic E-state index is 12.2. The van der Waals surface area contributed by atoms with Crippen molar-refractivity contribution in [3.8, 4) is 0 Å². The van der Waals surface area contributed by atoms with Crippen LogP contribution in [0.15, 0.2) is 6.20 Å². The van der Waals surface area contributed by atoms with E-state index in [0.29, 0.717) is 11.6 Å². The Hall–Kier alpha value is -1.36. The van der Waals surface area contributed by atoms with Gasteiger partial charge >= 0.3 is 0 Å². The highest BCUT2D eigenvalue weighted by Gasteiger charge is 2.20. The molecule has 0 bridgehead atoms. The number of H-pyrrole nitrogens is 1. The highest BCUT2D eigenvalue weighted by Crippen LogP contribution is 2.15. The number of piperazine rings is 1. The second kappa shape index (κ2) is 5.31. The van der Waals surface area contributed by atoms with E-state index in [2.05, 4.69) is 29.1 Å². The van der Waals surface area contributed by atoms with E-state index in [-0.39, 0.29) is 5.91 Å². The minimum absolute atomic E-state index is 0.0635. The Labute approximate surface area is 102 Å². The van der Waals surface area contributed by atoms with Gasteiger partial charge in [-0.2, -0.15) is 0 Å². The van der Waals surface area contributed by atoms with Crippen LogP contribution in [-0.4, -0.2) is 47.0 Å². The van der Waals surface area contributed by atoms with E-state index in [1.165, 1.54) is 0 Å². The maximum atomic E-state index is 12.2. The van der Waals surface area contributed by atoms with Crippen LogP contribution in [0.5, 0.6) is 0 Å². The van der Waals surface area contributed by atoms with E-state index < -0.39 is 0 Å². The molecule has 1 amide bonds. The quantitative estimate of drug-likeness (QED) is 0.822. The van der Waals surface area contributed by atoms with Crippen LogP contribution in [0.4, 0.5) is 0 Å². The smallest absolute Gasteiger partial charge is 0.272 e. The highest BCUT2D eigenvalue weighted by molar-refractivity contribution is 5.92. The predicted octanol–water partition coefficient (Wildman–Crippen LogP) is 0.969. The largest absolute Gasteiger partial charge is 0.338 e. The Kier molecular flexibility index (Phi) is 3.78. The van der Waals surface area contributed by atoms with Gasteiger partial charge in [0.15, 0.2) is 0 Å². The number of imidazole rings is 1. The van der Waals surface area contributed by atoms with Crippen LogP contribution in [0, 0.1) is 0 Å². The molecule has 0 aromatic carbocycles. The summed E-state index contributed by atoms with van der Waals surface area (Å²) in [6.45, 7) is 7.52. The van der Waals surface area contributed by atoms with Gasteiger partial charge in [0.1, 0.15) is 11.5 Å². The fourth-order valence-corrected chi connectivity index (χ4v) is 1.93. The van der Waals surface area contributed by atoms with Crippen LogP contribution in [0.2, 0.25) is 0 Å². The van der Waals surface area contributed by atoms with Gasteiger partial charge in [0.05, 0.1) is 6.20 Å². The lowest BCUT2D eigenvalue weighted by molar-refractivity contribution is 0.0730. The zero-order chi connectivity index (χ0) is 12.3. The van der Waals surface area contributed by atoms with Gasteiger partial charge < -0.3 is 15.2 Å². The van der Waals surface area contributed by atoms with E-state index >= 15 is 0 Å². The molecule has 1 aliphatic heterocycles. The zero-order valence-corrected chi connectivity index (χ0v) is 10.5. The van der Waals surface area contributed by atoms with Gasteiger partial charge in [0.2, 0.25) is 0 Å². The second-order valence-electron chi connectivity index (χ2n) is 4.53. The molecule has 5 heteroatoms. The highest BCUT2D eigenvalue weighted by atomic mass is 16.2. The lowest BCUT2D eigenvalue weighted by Crippen LogP contribution is -2.46. The number of nitrogens with zero attached hydrogens (tertiary/aromatic N) is 2. The van der Waals surface area contributed by atoms with Gasteiger partial charge in [-0.1, -0.05) is 13.8 Å². The zero-order valence-electron chi connectivity index (χ0n) is 10.5. The second-order valence-corrected chi connectivity index (χ2v) is 4.53. The summed E-state index contributed by atoms with van der Waals surface area (Å²) in [4.78, 5) is 21.4. The van der Waals surface area contributed by atoms with Crippen molar-refractivity contribution >= 4 is 5.91 Å². The molecule has 0 aliphatic carbocycles. The first-order valence-electron chi connectivity index (χ1n) is 6.27. The van der Waals surface area contributed by atoms with Gasteiger partial charge in [-0.25, -0.2) is 4.98 Å². The molecule has 1 fully saturated rings. The molecule has 2 rings (SSSR count). The first-order chi connectivity index (χ1) is 8.22. The number of rotatable bonds is 3. The van der Waals surface area contributed by atoms with E-state index in [1.54, 1.807) is 6.20 Å². The standard InChI is InChI=1S/C12H20N4O/c1-3-9(2)11-14-8-10(15-11)12(17)16-6-4-13-5-7-16/h8-9,13H,3-7H2,1-2H3,(H,14,15). The van der Waals surface area contributed by atoms with Crippen LogP contribution in [0.3, 0.4) is 0 Å². The third kappa shape index (κ3) is 2.66. The molecule has 1 aromatic heterocycles. The third-order valence-electron chi connectivity index (χ3n) is 3.31. The Balaban J connectivity index is 2.06. The number of hydrogen-bond acceptors (Lipinski definition) is 3. The van der Waals surface area contributed by atoms with Gasteiger partial charge in [-0.15, -0.1) is 0 Å². The van der Waals surface area contributed by atoms with Crippen molar-refractivity contribution in [3.63, 3.8) is 0 Å². The molecule has 0 spiro atoms. The third-order valence-corrected chi connectivity index (χ3v) is 3.31. The van der Waals surface area contributed by atoms with Crippen molar-refractivity contribution in [2.75, 3.05) is 26.2 Å². The average Bonchev–Trinajstić information content (AvgIpc) is 2.87. The van der Waals surface area contributed by atoms with Gasteiger partial charge in [-0.3, -0.25) is 4.79 Å². The topological polar surface area (TPSA) is 61.0 Å². The van der Waals surface area contributed by atoms with E-state index in [9.17, 15) is 4.79 Å².